The van der Waals surface area contributed by atoms with Gasteiger partial charge in [-0.25, -0.2) is 0 Å². The quantitative estimate of drug-likeness (QED) is 0.776. The molecule has 2 aromatic rings. The van der Waals surface area contributed by atoms with Crippen molar-refractivity contribution in [3.05, 3.63) is 71.3 Å². The van der Waals surface area contributed by atoms with Gasteiger partial charge in [0, 0.05) is 23.0 Å². The summed E-state index contributed by atoms with van der Waals surface area (Å²) in [5, 5.41) is 9.93. The number of hydrogen-bond donors (Lipinski definition) is 0. The Morgan fingerprint density at radius 3 is 2.50 bits per heavy atom. The van der Waals surface area contributed by atoms with Crippen LogP contribution in [0.25, 0.3) is 5.76 Å². The first kappa shape index (κ1) is 14.8. The van der Waals surface area contributed by atoms with E-state index in [1.165, 1.54) is 0 Å². The van der Waals surface area contributed by atoms with E-state index in [4.69, 9.17) is 9.47 Å². The summed E-state index contributed by atoms with van der Waals surface area (Å²) in [4.78, 5) is 0. The van der Waals surface area contributed by atoms with E-state index >= 15 is 0 Å². The van der Waals surface area contributed by atoms with Crippen LogP contribution in [-0.4, -0.2) is 12.2 Å². The van der Waals surface area contributed by atoms with E-state index in [0.29, 0.717) is 17.9 Å². The highest BCUT2D eigenvalue weighted by Crippen LogP contribution is 2.52. The van der Waals surface area contributed by atoms with Crippen LogP contribution in [0.15, 0.2) is 60.2 Å². The summed E-state index contributed by atoms with van der Waals surface area (Å²) in [5.41, 5.74) is 2.31. The Bertz CT molecular complexity index is 846. The first-order chi connectivity index (χ1) is 11.6. The maximum Gasteiger partial charge on any atom is 0.141 e. The first-order valence-electron chi connectivity index (χ1n) is 8.22. The van der Waals surface area contributed by atoms with E-state index in [9.17, 15) is 5.26 Å². The lowest BCUT2D eigenvalue weighted by Crippen LogP contribution is -2.47. The molecule has 24 heavy (non-hydrogen) atoms. The molecule has 3 nitrogen and oxygen atoms in total. The normalized spacial score (nSPS) is 24.0. The number of fused-ring (bicyclic) bond motifs is 3. The molecule has 3 heteroatoms. The fourth-order valence-electron chi connectivity index (χ4n) is 3.78. The number of hydrogen-bond acceptors (Lipinski definition) is 3. The van der Waals surface area contributed by atoms with Crippen LogP contribution in [0, 0.1) is 17.2 Å². The van der Waals surface area contributed by atoms with Gasteiger partial charge in [-0.3, -0.25) is 0 Å². The molecule has 0 N–H and O–H groups in total. The zero-order valence-corrected chi connectivity index (χ0v) is 13.8. The van der Waals surface area contributed by atoms with Gasteiger partial charge in [0.1, 0.15) is 17.1 Å². The molecule has 0 saturated carbocycles. The third-order valence-electron chi connectivity index (χ3n) is 5.04. The van der Waals surface area contributed by atoms with Crippen molar-refractivity contribution in [2.45, 2.75) is 25.4 Å². The molecule has 2 aromatic carbocycles. The van der Waals surface area contributed by atoms with E-state index in [2.05, 4.69) is 26.0 Å². The van der Waals surface area contributed by atoms with Gasteiger partial charge in [0.05, 0.1) is 18.2 Å². The van der Waals surface area contributed by atoms with Crippen molar-refractivity contribution in [3.8, 4) is 11.8 Å². The second-order valence-corrected chi connectivity index (χ2v) is 6.86. The molecular weight excluding hydrogens is 298 g/mol. The van der Waals surface area contributed by atoms with E-state index in [1.807, 2.05) is 48.5 Å². The van der Waals surface area contributed by atoms with E-state index in [1.54, 1.807) is 0 Å². The second-order valence-electron chi connectivity index (χ2n) is 6.86. The Morgan fingerprint density at radius 2 is 1.75 bits per heavy atom. The fraction of sp³-hybridized carbons (Fsp3) is 0.286. The minimum atomic E-state index is -0.413. The van der Waals surface area contributed by atoms with E-state index < -0.39 is 5.60 Å². The number of rotatable bonds is 1. The van der Waals surface area contributed by atoms with E-state index in [0.717, 1.165) is 16.9 Å². The molecule has 2 aliphatic rings. The minimum absolute atomic E-state index is 0.00101. The van der Waals surface area contributed by atoms with Crippen LogP contribution >= 0.6 is 0 Å². The third-order valence-corrected chi connectivity index (χ3v) is 5.04. The summed E-state index contributed by atoms with van der Waals surface area (Å²) in [6, 6.07) is 20.3. The largest absolute Gasteiger partial charge is 0.493 e. The SMILES string of the molecule is CC1(C)OC(c2ccccc2)=C(C#N)[C@H]2c3ccccc3OC[C@H]21. The average molecular weight is 317 g/mol. The first-order valence-corrected chi connectivity index (χ1v) is 8.22. The molecule has 0 aliphatic carbocycles. The second kappa shape index (κ2) is 5.42. The third kappa shape index (κ3) is 2.18. The maximum atomic E-state index is 9.93. The Balaban J connectivity index is 1.96. The monoisotopic (exact) mass is 317 g/mol. The highest BCUT2D eigenvalue weighted by Gasteiger charge is 2.49. The molecule has 4 rings (SSSR count). The van der Waals surface area contributed by atoms with Crippen LogP contribution in [0.2, 0.25) is 0 Å². The Morgan fingerprint density at radius 1 is 1.04 bits per heavy atom. The Kier molecular flexibility index (Phi) is 3.35. The standard InChI is InChI=1S/C21H19NO2/c1-21(2)17-13-23-18-11-7-6-10-15(18)19(17)16(12-22)20(24-21)14-8-4-3-5-9-14/h3-11,17,19H,13H2,1-2H3/t17-,19-/m1/s1. The Labute approximate surface area is 142 Å². The van der Waals surface area contributed by atoms with Crippen LogP contribution in [0.3, 0.4) is 0 Å². The highest BCUT2D eigenvalue weighted by molar-refractivity contribution is 5.71. The van der Waals surface area contributed by atoms with Gasteiger partial charge in [-0.1, -0.05) is 48.5 Å². The van der Waals surface area contributed by atoms with Gasteiger partial charge >= 0.3 is 0 Å². The van der Waals surface area contributed by atoms with Gasteiger partial charge < -0.3 is 9.47 Å². The predicted molar refractivity (Wildman–Crippen MR) is 92.3 cm³/mol. The lowest BCUT2D eigenvalue weighted by Gasteiger charge is -2.47. The molecule has 0 aromatic heterocycles. The van der Waals surface area contributed by atoms with Crippen LogP contribution in [0.1, 0.15) is 30.9 Å². The molecule has 0 spiro atoms. The smallest absolute Gasteiger partial charge is 0.141 e. The summed E-state index contributed by atoms with van der Waals surface area (Å²) in [5.74, 6) is 1.67. The topological polar surface area (TPSA) is 42.2 Å². The average Bonchev–Trinajstić information content (AvgIpc) is 2.61. The van der Waals surface area contributed by atoms with Crippen molar-refractivity contribution in [3.63, 3.8) is 0 Å². The van der Waals surface area contributed by atoms with Gasteiger partial charge in [0.25, 0.3) is 0 Å². The molecule has 0 bridgehead atoms. The maximum absolute atomic E-state index is 9.93. The van der Waals surface area contributed by atoms with Gasteiger partial charge in [-0.05, 0) is 19.9 Å². The number of ether oxygens (including phenoxy) is 2. The van der Waals surface area contributed by atoms with Gasteiger partial charge in [-0.2, -0.15) is 5.26 Å². The number of benzene rings is 2. The Hall–Kier alpha value is -2.73. The number of allylic oxidation sites excluding steroid dienone is 1. The zero-order valence-electron chi connectivity index (χ0n) is 13.8. The molecule has 0 amide bonds. The lowest BCUT2D eigenvalue weighted by molar-refractivity contribution is -0.0310. The van der Waals surface area contributed by atoms with Crippen molar-refractivity contribution >= 4 is 5.76 Å². The molecule has 0 saturated heterocycles. The molecule has 2 aliphatic heterocycles. The molecule has 2 atom stereocenters. The van der Waals surface area contributed by atoms with Crippen LogP contribution in [-0.2, 0) is 4.74 Å². The highest BCUT2D eigenvalue weighted by atomic mass is 16.5. The van der Waals surface area contributed by atoms with E-state index in [-0.39, 0.29) is 11.8 Å². The van der Waals surface area contributed by atoms with Gasteiger partial charge in [0.15, 0.2) is 0 Å². The fourth-order valence-corrected chi connectivity index (χ4v) is 3.78. The van der Waals surface area contributed by atoms with Crippen molar-refractivity contribution in [2.24, 2.45) is 5.92 Å². The van der Waals surface area contributed by atoms with Crippen molar-refractivity contribution in [2.75, 3.05) is 6.61 Å². The lowest BCUT2D eigenvalue weighted by atomic mass is 9.69. The van der Waals surface area contributed by atoms with Crippen LogP contribution in [0.5, 0.6) is 5.75 Å². The number of nitrogens with zero attached hydrogens (tertiary/aromatic N) is 1. The van der Waals surface area contributed by atoms with Crippen LogP contribution in [0.4, 0.5) is 0 Å². The van der Waals surface area contributed by atoms with Crippen molar-refractivity contribution < 1.29 is 9.47 Å². The zero-order chi connectivity index (χ0) is 16.7. The molecule has 0 fully saturated rings. The number of nitriles is 1. The summed E-state index contributed by atoms with van der Waals surface area (Å²) in [6.07, 6.45) is 0. The van der Waals surface area contributed by atoms with Crippen molar-refractivity contribution in [1.29, 1.82) is 5.26 Å². The van der Waals surface area contributed by atoms with Gasteiger partial charge in [0.2, 0.25) is 0 Å². The number of para-hydroxylation sites is 1. The summed E-state index contributed by atoms with van der Waals surface area (Å²) >= 11 is 0. The minimum Gasteiger partial charge on any atom is -0.493 e. The molecule has 120 valence electrons. The summed E-state index contributed by atoms with van der Waals surface area (Å²) < 4.78 is 12.3. The molecular formula is C21H19NO2. The summed E-state index contributed by atoms with van der Waals surface area (Å²) in [7, 11) is 0. The molecule has 0 unspecified atom stereocenters. The van der Waals surface area contributed by atoms with Crippen molar-refractivity contribution in [1.82, 2.24) is 0 Å². The molecule has 0 radical (unpaired) electrons. The predicted octanol–water partition coefficient (Wildman–Crippen LogP) is 4.52. The summed E-state index contributed by atoms with van der Waals surface area (Å²) in [6.45, 7) is 4.72. The van der Waals surface area contributed by atoms with Gasteiger partial charge in [-0.15, -0.1) is 0 Å². The molecule has 2 heterocycles. The van der Waals surface area contributed by atoms with Crippen LogP contribution < -0.4 is 4.74 Å².